The van der Waals surface area contributed by atoms with Gasteiger partial charge in [0.15, 0.2) is 5.82 Å². The minimum absolute atomic E-state index is 0.405. The Balaban J connectivity index is 2.42. The molecule has 0 spiro atoms. The zero-order chi connectivity index (χ0) is 10.7. The van der Waals surface area contributed by atoms with Crippen LogP contribution in [0.1, 0.15) is 5.56 Å². The third-order valence-electron chi connectivity index (χ3n) is 2.05. The first-order valence-electron chi connectivity index (χ1n) is 4.56. The molecule has 0 atom stereocenters. The molecule has 2 N–H and O–H groups in total. The summed E-state index contributed by atoms with van der Waals surface area (Å²) in [5.74, 6) is 0.405. The third kappa shape index (κ3) is 1.97. The van der Waals surface area contributed by atoms with Gasteiger partial charge in [-0.15, -0.1) is 5.10 Å². The highest BCUT2D eigenvalue weighted by molar-refractivity contribution is 5.41. The predicted molar refractivity (Wildman–Crippen MR) is 56.5 cm³/mol. The van der Waals surface area contributed by atoms with Gasteiger partial charge >= 0.3 is 0 Å². The number of para-hydroxylation sites is 1. The molecule has 0 aliphatic carbocycles. The van der Waals surface area contributed by atoms with Crippen molar-refractivity contribution < 1.29 is 4.74 Å². The summed E-state index contributed by atoms with van der Waals surface area (Å²) < 4.78 is 6.75. The normalized spacial score (nSPS) is 10.5. The molecule has 1 heterocycles. The molecule has 0 saturated heterocycles. The Morgan fingerprint density at radius 1 is 1.40 bits per heavy atom. The molecule has 1 aromatic carbocycles. The van der Waals surface area contributed by atoms with Crippen LogP contribution in [-0.4, -0.2) is 22.1 Å². The van der Waals surface area contributed by atoms with Crippen molar-refractivity contribution in [2.75, 3.05) is 12.8 Å². The van der Waals surface area contributed by atoms with Crippen LogP contribution in [0, 0.1) is 0 Å². The van der Waals surface area contributed by atoms with E-state index in [1.165, 1.54) is 0 Å². The van der Waals surface area contributed by atoms with E-state index in [9.17, 15) is 0 Å². The number of aromatic nitrogens is 3. The summed E-state index contributed by atoms with van der Waals surface area (Å²) in [4.78, 5) is 0. The molecule has 0 saturated carbocycles. The van der Waals surface area contributed by atoms with Gasteiger partial charge in [-0.05, 0) is 6.07 Å². The average molecular weight is 204 g/mol. The van der Waals surface area contributed by atoms with Crippen LogP contribution in [-0.2, 0) is 11.3 Å². The van der Waals surface area contributed by atoms with Crippen LogP contribution in [0.4, 0.5) is 5.82 Å². The fraction of sp³-hybridized carbons (Fsp3) is 0.200. The van der Waals surface area contributed by atoms with Crippen LogP contribution in [0.25, 0.3) is 5.69 Å². The summed E-state index contributed by atoms with van der Waals surface area (Å²) in [7, 11) is 1.66. The van der Waals surface area contributed by atoms with E-state index >= 15 is 0 Å². The smallest absolute Gasteiger partial charge is 0.166 e. The number of ether oxygens (including phenoxy) is 1. The molecule has 1 aromatic heterocycles. The van der Waals surface area contributed by atoms with Gasteiger partial charge in [0.1, 0.15) is 0 Å². The Kier molecular flexibility index (Phi) is 2.64. The lowest BCUT2D eigenvalue weighted by atomic mass is 10.2. The molecule has 0 unspecified atom stereocenters. The van der Waals surface area contributed by atoms with Crippen molar-refractivity contribution in [3.8, 4) is 5.69 Å². The van der Waals surface area contributed by atoms with Gasteiger partial charge in [-0.2, -0.15) is 0 Å². The van der Waals surface area contributed by atoms with Crippen molar-refractivity contribution >= 4 is 5.82 Å². The Morgan fingerprint density at radius 3 is 2.87 bits per heavy atom. The van der Waals surface area contributed by atoms with Crippen molar-refractivity contribution in [1.82, 2.24) is 15.0 Å². The second kappa shape index (κ2) is 4.10. The van der Waals surface area contributed by atoms with Crippen molar-refractivity contribution in [2.45, 2.75) is 6.61 Å². The highest BCUT2D eigenvalue weighted by Gasteiger charge is 2.05. The molecule has 0 radical (unpaired) electrons. The van der Waals surface area contributed by atoms with E-state index in [1.807, 2.05) is 24.3 Å². The summed E-state index contributed by atoms with van der Waals surface area (Å²) in [6.45, 7) is 0.538. The Labute approximate surface area is 87.5 Å². The van der Waals surface area contributed by atoms with Crippen molar-refractivity contribution in [1.29, 1.82) is 0 Å². The van der Waals surface area contributed by atoms with E-state index in [0.717, 1.165) is 11.3 Å². The van der Waals surface area contributed by atoms with Crippen molar-refractivity contribution in [2.24, 2.45) is 0 Å². The van der Waals surface area contributed by atoms with Crippen molar-refractivity contribution in [3.05, 3.63) is 36.0 Å². The van der Waals surface area contributed by atoms with Gasteiger partial charge in [0.25, 0.3) is 0 Å². The molecule has 2 rings (SSSR count). The number of nitrogen functional groups attached to an aromatic ring is 1. The molecule has 0 fully saturated rings. The second-order valence-electron chi connectivity index (χ2n) is 3.15. The van der Waals surface area contributed by atoms with Crippen molar-refractivity contribution in [3.63, 3.8) is 0 Å². The van der Waals surface area contributed by atoms with E-state index in [4.69, 9.17) is 10.5 Å². The minimum atomic E-state index is 0.405. The molecule has 5 nitrogen and oxygen atoms in total. The van der Waals surface area contributed by atoms with Crippen LogP contribution >= 0.6 is 0 Å². The van der Waals surface area contributed by atoms with E-state index in [-0.39, 0.29) is 0 Å². The zero-order valence-corrected chi connectivity index (χ0v) is 8.42. The number of methoxy groups -OCH3 is 1. The van der Waals surface area contributed by atoms with E-state index in [1.54, 1.807) is 18.0 Å². The lowest BCUT2D eigenvalue weighted by Gasteiger charge is -2.06. The largest absolute Gasteiger partial charge is 0.381 e. The van der Waals surface area contributed by atoms with E-state index < -0.39 is 0 Å². The zero-order valence-electron chi connectivity index (χ0n) is 8.42. The summed E-state index contributed by atoms with van der Waals surface area (Å²) in [6, 6.07) is 7.82. The lowest BCUT2D eigenvalue weighted by Crippen LogP contribution is -2.01. The van der Waals surface area contributed by atoms with E-state index in [2.05, 4.69) is 10.3 Å². The average Bonchev–Trinajstić information content (AvgIpc) is 2.66. The van der Waals surface area contributed by atoms with Crippen LogP contribution in [0.5, 0.6) is 0 Å². The molecule has 0 aliphatic heterocycles. The molecule has 15 heavy (non-hydrogen) atoms. The SMILES string of the molecule is COCc1ccccc1-n1cc(N)nn1. The fourth-order valence-electron chi connectivity index (χ4n) is 1.41. The minimum Gasteiger partial charge on any atom is -0.381 e. The van der Waals surface area contributed by atoms with Crippen LogP contribution in [0.3, 0.4) is 0 Å². The molecule has 0 aliphatic rings. The Bertz CT molecular complexity index is 452. The number of nitrogens with two attached hydrogens (primary N) is 1. The summed E-state index contributed by atoms with van der Waals surface area (Å²) >= 11 is 0. The monoisotopic (exact) mass is 204 g/mol. The predicted octanol–water partition coefficient (Wildman–Crippen LogP) is 0.996. The van der Waals surface area contributed by atoms with Gasteiger partial charge in [-0.25, -0.2) is 4.68 Å². The van der Waals surface area contributed by atoms with Gasteiger partial charge in [0, 0.05) is 12.7 Å². The first kappa shape index (κ1) is 9.67. The highest BCUT2D eigenvalue weighted by Crippen LogP contribution is 2.14. The number of nitrogens with zero attached hydrogens (tertiary/aromatic N) is 3. The first-order chi connectivity index (χ1) is 7.31. The molecule has 0 bridgehead atoms. The van der Waals surface area contributed by atoms with E-state index in [0.29, 0.717) is 12.4 Å². The third-order valence-corrected chi connectivity index (χ3v) is 2.05. The molecule has 2 aromatic rings. The number of benzene rings is 1. The molecule has 5 heteroatoms. The van der Waals surface area contributed by atoms with Gasteiger partial charge in [0.2, 0.25) is 0 Å². The Morgan fingerprint density at radius 2 is 2.20 bits per heavy atom. The Hall–Kier alpha value is -1.88. The van der Waals surface area contributed by atoms with Gasteiger partial charge < -0.3 is 10.5 Å². The first-order valence-corrected chi connectivity index (χ1v) is 4.56. The second-order valence-corrected chi connectivity index (χ2v) is 3.15. The quantitative estimate of drug-likeness (QED) is 0.809. The maximum atomic E-state index is 5.51. The molecule has 78 valence electrons. The maximum absolute atomic E-state index is 5.51. The molecular formula is C10H12N4O. The van der Waals surface area contributed by atoms with Crippen LogP contribution in [0.2, 0.25) is 0 Å². The number of hydrogen-bond acceptors (Lipinski definition) is 4. The van der Waals surface area contributed by atoms with Crippen LogP contribution < -0.4 is 5.73 Å². The highest BCUT2D eigenvalue weighted by atomic mass is 16.5. The number of anilines is 1. The summed E-state index contributed by atoms with van der Waals surface area (Å²) in [6.07, 6.45) is 1.68. The number of hydrogen-bond donors (Lipinski definition) is 1. The van der Waals surface area contributed by atoms with Crippen LogP contribution in [0.15, 0.2) is 30.5 Å². The van der Waals surface area contributed by atoms with Gasteiger partial charge in [0.05, 0.1) is 18.5 Å². The summed E-state index contributed by atoms with van der Waals surface area (Å²) in [5.41, 5.74) is 7.49. The van der Waals surface area contributed by atoms with Gasteiger partial charge in [-0.1, -0.05) is 23.4 Å². The lowest BCUT2D eigenvalue weighted by molar-refractivity contribution is 0.184. The maximum Gasteiger partial charge on any atom is 0.166 e. The molecule has 0 amide bonds. The standard InChI is InChI=1S/C10H12N4O/c1-15-7-8-4-2-3-5-9(8)14-6-10(11)12-13-14/h2-6H,7,11H2,1H3. The fourth-order valence-corrected chi connectivity index (χ4v) is 1.41. The molecular weight excluding hydrogens is 192 g/mol. The topological polar surface area (TPSA) is 66.0 Å². The number of rotatable bonds is 3. The van der Waals surface area contributed by atoms with Gasteiger partial charge in [-0.3, -0.25) is 0 Å². The summed E-state index contributed by atoms with van der Waals surface area (Å²) in [5, 5.41) is 7.66.